The molecule has 4 nitrogen and oxygen atoms in total. The number of imidazole rings is 1. The third-order valence-corrected chi connectivity index (χ3v) is 4.37. The average molecular weight is 321 g/mol. The van der Waals surface area contributed by atoms with Crippen LogP contribution in [0.4, 0.5) is 10.3 Å². The van der Waals surface area contributed by atoms with Gasteiger partial charge in [-0.3, -0.25) is 9.36 Å². The smallest absolute Gasteiger partial charge is 0.209 e. The van der Waals surface area contributed by atoms with Crippen molar-refractivity contribution in [3.05, 3.63) is 71.2 Å². The number of allylic oxidation sites excluding steroid dienone is 2. The molecule has 2 aromatic carbocycles. The zero-order valence-electron chi connectivity index (χ0n) is 13.4. The Kier molecular flexibility index (Phi) is 3.23. The predicted octanol–water partition coefficient (Wildman–Crippen LogP) is 4.05. The molecule has 0 spiro atoms. The van der Waals surface area contributed by atoms with Gasteiger partial charge in [0.25, 0.3) is 0 Å². The van der Waals surface area contributed by atoms with Crippen molar-refractivity contribution in [1.29, 1.82) is 0 Å². The van der Waals surface area contributed by atoms with E-state index in [4.69, 9.17) is 0 Å². The second kappa shape index (κ2) is 5.30. The summed E-state index contributed by atoms with van der Waals surface area (Å²) in [6.45, 7) is 3.39. The minimum atomic E-state index is -0.401. The van der Waals surface area contributed by atoms with E-state index in [1.807, 2.05) is 41.8 Å². The summed E-state index contributed by atoms with van der Waals surface area (Å²) in [4.78, 5) is 16.9. The summed E-state index contributed by atoms with van der Waals surface area (Å²) in [5, 5.41) is 3.21. The van der Waals surface area contributed by atoms with Crippen molar-refractivity contribution in [2.45, 2.75) is 19.9 Å². The number of carbonyl (C=O) groups is 1. The summed E-state index contributed by atoms with van der Waals surface area (Å²) in [5.41, 5.74) is 3.83. The average Bonchev–Trinajstić information content (AvgIpc) is 2.91. The molecule has 3 aromatic rings. The van der Waals surface area contributed by atoms with Crippen molar-refractivity contribution < 1.29 is 9.18 Å². The number of hydrogen-bond acceptors (Lipinski definition) is 3. The Morgan fingerprint density at radius 3 is 2.75 bits per heavy atom. The van der Waals surface area contributed by atoms with E-state index < -0.39 is 6.04 Å². The fourth-order valence-corrected chi connectivity index (χ4v) is 3.41. The van der Waals surface area contributed by atoms with Crippen LogP contribution in [0.25, 0.3) is 11.0 Å². The molecule has 1 atom stereocenters. The Labute approximate surface area is 138 Å². The molecule has 0 radical (unpaired) electrons. The summed E-state index contributed by atoms with van der Waals surface area (Å²) >= 11 is 0. The number of aromatic nitrogens is 2. The Balaban J connectivity index is 2.05. The van der Waals surface area contributed by atoms with Gasteiger partial charge in [-0.1, -0.05) is 24.3 Å². The van der Waals surface area contributed by atoms with Crippen LogP contribution in [-0.2, 0) is 4.79 Å². The number of halogens is 1. The van der Waals surface area contributed by atoms with Crippen molar-refractivity contribution in [2.75, 3.05) is 5.32 Å². The van der Waals surface area contributed by atoms with Crippen LogP contribution in [0.15, 0.2) is 59.8 Å². The standard InChI is InChI=1S/C19H16FN3O/c1-11-17(12(2)24)18(13-6-5-7-14(20)10-13)23-16-9-4-3-8-15(16)22-19(23)21-11/h3-10,18H,1-2H3,(H,21,22)/t18-/m0/s1. The molecule has 0 fully saturated rings. The van der Waals surface area contributed by atoms with Crippen LogP contribution < -0.4 is 5.32 Å². The van der Waals surface area contributed by atoms with Crippen molar-refractivity contribution in [3.63, 3.8) is 0 Å². The van der Waals surface area contributed by atoms with Gasteiger partial charge in [-0.25, -0.2) is 9.37 Å². The van der Waals surface area contributed by atoms with Gasteiger partial charge >= 0.3 is 0 Å². The highest BCUT2D eigenvalue weighted by Crippen LogP contribution is 2.39. The zero-order valence-corrected chi connectivity index (χ0v) is 13.4. The van der Waals surface area contributed by atoms with Crippen LogP contribution in [0.1, 0.15) is 25.5 Å². The second-order valence-corrected chi connectivity index (χ2v) is 5.97. The number of nitrogens with one attached hydrogen (secondary N) is 1. The van der Waals surface area contributed by atoms with E-state index >= 15 is 0 Å². The molecule has 4 rings (SSSR count). The molecule has 2 heterocycles. The maximum absolute atomic E-state index is 13.8. The third kappa shape index (κ3) is 2.12. The summed E-state index contributed by atoms with van der Waals surface area (Å²) in [7, 11) is 0. The first-order valence-corrected chi connectivity index (χ1v) is 7.77. The van der Waals surface area contributed by atoms with Crippen LogP contribution in [0, 0.1) is 5.82 Å². The number of anilines is 1. The quantitative estimate of drug-likeness (QED) is 0.774. The molecule has 0 amide bonds. The molecule has 5 heteroatoms. The Bertz CT molecular complexity index is 1000. The molecule has 24 heavy (non-hydrogen) atoms. The molecule has 120 valence electrons. The number of ketones is 1. The van der Waals surface area contributed by atoms with E-state index in [1.165, 1.54) is 19.1 Å². The Hall–Kier alpha value is -2.95. The molecule has 1 aromatic heterocycles. The first-order valence-electron chi connectivity index (χ1n) is 7.77. The molecule has 1 N–H and O–H groups in total. The van der Waals surface area contributed by atoms with Crippen LogP contribution in [0.3, 0.4) is 0 Å². The predicted molar refractivity (Wildman–Crippen MR) is 91.3 cm³/mol. The second-order valence-electron chi connectivity index (χ2n) is 5.97. The van der Waals surface area contributed by atoms with Crippen molar-refractivity contribution in [2.24, 2.45) is 0 Å². The monoisotopic (exact) mass is 321 g/mol. The number of Topliss-reactive ketones (excluding diaryl/α,β-unsaturated/α-hetero) is 1. The SMILES string of the molecule is CC(=O)C1=C(C)Nc2nc3ccccc3n2[C@H]1c1cccc(F)c1. The lowest BCUT2D eigenvalue weighted by atomic mass is 9.92. The summed E-state index contributed by atoms with van der Waals surface area (Å²) in [6, 6.07) is 13.7. The minimum Gasteiger partial charge on any atom is -0.329 e. The van der Waals surface area contributed by atoms with E-state index in [0.29, 0.717) is 11.5 Å². The lowest BCUT2D eigenvalue weighted by Gasteiger charge is -2.30. The van der Waals surface area contributed by atoms with Crippen molar-refractivity contribution >= 4 is 22.8 Å². The van der Waals surface area contributed by atoms with Gasteiger partial charge in [-0.15, -0.1) is 0 Å². The number of fused-ring (bicyclic) bond motifs is 3. The lowest BCUT2D eigenvalue weighted by molar-refractivity contribution is -0.114. The van der Waals surface area contributed by atoms with E-state index in [1.54, 1.807) is 6.07 Å². The number of hydrogen-bond donors (Lipinski definition) is 1. The molecule has 0 saturated heterocycles. The Morgan fingerprint density at radius 1 is 1.21 bits per heavy atom. The highest BCUT2D eigenvalue weighted by molar-refractivity contribution is 5.97. The summed E-state index contributed by atoms with van der Waals surface area (Å²) in [5.74, 6) is 0.295. The molecule has 0 bridgehead atoms. The van der Waals surface area contributed by atoms with Crippen molar-refractivity contribution in [1.82, 2.24) is 9.55 Å². The van der Waals surface area contributed by atoms with Gasteiger partial charge in [-0.05, 0) is 43.7 Å². The molecule has 1 aliphatic heterocycles. The summed E-state index contributed by atoms with van der Waals surface area (Å²) < 4.78 is 15.8. The molecular formula is C19H16FN3O. The number of benzene rings is 2. The van der Waals surface area contributed by atoms with Gasteiger partial charge in [0.05, 0.1) is 17.1 Å². The van der Waals surface area contributed by atoms with Crippen LogP contribution in [0.5, 0.6) is 0 Å². The topological polar surface area (TPSA) is 46.9 Å². The molecule has 0 saturated carbocycles. The fraction of sp³-hybridized carbons (Fsp3) is 0.158. The normalized spacial score (nSPS) is 16.9. The number of para-hydroxylation sites is 2. The third-order valence-electron chi connectivity index (χ3n) is 4.37. The van der Waals surface area contributed by atoms with Gasteiger partial charge in [0.15, 0.2) is 5.78 Å². The fourth-order valence-electron chi connectivity index (χ4n) is 3.41. The Morgan fingerprint density at radius 2 is 2.00 bits per heavy atom. The highest BCUT2D eigenvalue weighted by Gasteiger charge is 2.32. The number of nitrogens with zero attached hydrogens (tertiary/aromatic N) is 2. The van der Waals surface area contributed by atoms with Gasteiger partial charge in [0.1, 0.15) is 5.82 Å². The van der Waals surface area contributed by atoms with Crippen LogP contribution >= 0.6 is 0 Å². The largest absolute Gasteiger partial charge is 0.329 e. The van der Waals surface area contributed by atoms with E-state index in [2.05, 4.69) is 10.3 Å². The minimum absolute atomic E-state index is 0.0438. The zero-order chi connectivity index (χ0) is 16.8. The van der Waals surface area contributed by atoms with Gasteiger partial charge in [0, 0.05) is 11.3 Å². The van der Waals surface area contributed by atoms with E-state index in [9.17, 15) is 9.18 Å². The van der Waals surface area contributed by atoms with E-state index in [-0.39, 0.29) is 11.6 Å². The maximum Gasteiger partial charge on any atom is 0.209 e. The molecule has 0 unspecified atom stereocenters. The van der Waals surface area contributed by atoms with Gasteiger partial charge < -0.3 is 5.32 Å². The van der Waals surface area contributed by atoms with Crippen molar-refractivity contribution in [3.8, 4) is 0 Å². The first-order chi connectivity index (χ1) is 11.6. The molecule has 1 aliphatic rings. The highest BCUT2D eigenvalue weighted by atomic mass is 19.1. The number of rotatable bonds is 2. The lowest BCUT2D eigenvalue weighted by Crippen LogP contribution is -2.27. The molecular weight excluding hydrogens is 305 g/mol. The van der Waals surface area contributed by atoms with Gasteiger partial charge in [-0.2, -0.15) is 0 Å². The van der Waals surface area contributed by atoms with E-state index in [0.717, 1.165) is 22.3 Å². The summed E-state index contributed by atoms with van der Waals surface area (Å²) in [6.07, 6.45) is 0. The first kappa shape index (κ1) is 14.6. The maximum atomic E-state index is 13.8. The van der Waals surface area contributed by atoms with Gasteiger partial charge in [0.2, 0.25) is 5.95 Å². The van der Waals surface area contributed by atoms with Crippen LogP contribution in [0.2, 0.25) is 0 Å². The molecule has 0 aliphatic carbocycles. The van der Waals surface area contributed by atoms with Crippen LogP contribution in [-0.4, -0.2) is 15.3 Å². The number of carbonyl (C=O) groups excluding carboxylic acids is 1.